The lowest BCUT2D eigenvalue weighted by molar-refractivity contribution is -0.116. The van der Waals surface area contributed by atoms with Crippen LogP contribution in [0.4, 0.5) is 5.69 Å². The molecule has 0 saturated heterocycles. The van der Waals surface area contributed by atoms with Gasteiger partial charge in [0.05, 0.1) is 17.2 Å². The Hall–Kier alpha value is -2.63. The van der Waals surface area contributed by atoms with Crippen molar-refractivity contribution in [1.82, 2.24) is 9.55 Å². The molecule has 1 aromatic carbocycles. The standard InChI is InChI=1S/C20H18N4O2S2/c1-23-19(26)17-14-8-5-9-15(14)28-18(17)22-20(23)27-12-16(25)24(11-10-21)13-6-3-2-4-7-13/h2-4,6-7H,5,8-9,11-12H2,1H3. The third-order valence-electron chi connectivity index (χ3n) is 4.83. The Morgan fingerprint density at radius 1 is 1.36 bits per heavy atom. The van der Waals surface area contributed by atoms with Gasteiger partial charge in [-0.3, -0.25) is 19.1 Å². The number of aryl methyl sites for hydroxylation is 2. The Kier molecular flexibility index (Phi) is 5.20. The van der Waals surface area contributed by atoms with Crippen LogP contribution < -0.4 is 10.5 Å². The number of thioether (sulfide) groups is 1. The van der Waals surface area contributed by atoms with Crippen molar-refractivity contribution in [3.8, 4) is 6.07 Å². The number of nitrogens with zero attached hydrogens (tertiary/aromatic N) is 4. The molecule has 0 saturated carbocycles. The monoisotopic (exact) mass is 410 g/mol. The maximum absolute atomic E-state index is 12.9. The van der Waals surface area contributed by atoms with Crippen molar-refractivity contribution >= 4 is 44.9 Å². The van der Waals surface area contributed by atoms with Crippen molar-refractivity contribution in [3.05, 3.63) is 51.1 Å². The van der Waals surface area contributed by atoms with E-state index in [1.54, 1.807) is 30.5 Å². The summed E-state index contributed by atoms with van der Waals surface area (Å²) in [4.78, 5) is 33.7. The van der Waals surface area contributed by atoms with Gasteiger partial charge in [-0.1, -0.05) is 30.0 Å². The summed E-state index contributed by atoms with van der Waals surface area (Å²) in [6.45, 7) is -0.0214. The number of benzene rings is 1. The predicted molar refractivity (Wildman–Crippen MR) is 112 cm³/mol. The molecule has 2 heterocycles. The molecule has 0 bridgehead atoms. The molecular weight excluding hydrogens is 392 g/mol. The SMILES string of the molecule is Cn1c(SCC(=O)N(CC#N)c2ccccc2)nc2sc3c(c2c1=O)CCC3. The van der Waals surface area contributed by atoms with E-state index in [-0.39, 0.29) is 23.8 Å². The average Bonchev–Trinajstić information content (AvgIpc) is 3.29. The summed E-state index contributed by atoms with van der Waals surface area (Å²) in [6.07, 6.45) is 3.05. The number of carbonyl (C=O) groups excluding carboxylic acids is 1. The van der Waals surface area contributed by atoms with Crippen molar-refractivity contribution < 1.29 is 4.79 Å². The molecule has 0 fully saturated rings. The van der Waals surface area contributed by atoms with E-state index in [0.29, 0.717) is 10.8 Å². The number of amides is 1. The summed E-state index contributed by atoms with van der Waals surface area (Å²) in [5.41, 5.74) is 1.79. The fourth-order valence-electron chi connectivity index (χ4n) is 3.44. The fraction of sp³-hybridized carbons (Fsp3) is 0.300. The highest BCUT2D eigenvalue weighted by Crippen LogP contribution is 2.35. The van der Waals surface area contributed by atoms with E-state index in [1.807, 2.05) is 24.3 Å². The number of thiophene rings is 1. The molecule has 0 spiro atoms. The second kappa shape index (κ2) is 7.78. The molecule has 142 valence electrons. The van der Waals surface area contributed by atoms with Crippen LogP contribution in [-0.2, 0) is 24.7 Å². The largest absolute Gasteiger partial charge is 0.298 e. The molecule has 3 aromatic rings. The topological polar surface area (TPSA) is 79.0 Å². The Balaban J connectivity index is 1.58. The Morgan fingerprint density at radius 3 is 2.89 bits per heavy atom. The molecule has 6 nitrogen and oxygen atoms in total. The van der Waals surface area contributed by atoms with Gasteiger partial charge in [-0.15, -0.1) is 11.3 Å². The minimum atomic E-state index is -0.194. The molecule has 8 heteroatoms. The summed E-state index contributed by atoms with van der Waals surface area (Å²) in [5.74, 6) is -0.0891. The van der Waals surface area contributed by atoms with Gasteiger partial charge in [0.15, 0.2) is 5.16 Å². The maximum atomic E-state index is 12.9. The highest BCUT2D eigenvalue weighted by atomic mass is 32.2. The van der Waals surface area contributed by atoms with Crippen LogP contribution in [0.1, 0.15) is 16.9 Å². The number of fused-ring (bicyclic) bond motifs is 3. The first-order valence-corrected chi connectivity index (χ1v) is 10.8. The lowest BCUT2D eigenvalue weighted by Gasteiger charge is -2.19. The highest BCUT2D eigenvalue weighted by Gasteiger charge is 2.23. The zero-order valence-electron chi connectivity index (χ0n) is 15.3. The quantitative estimate of drug-likeness (QED) is 0.367. The Morgan fingerprint density at radius 2 is 2.14 bits per heavy atom. The van der Waals surface area contributed by atoms with Crippen LogP contribution >= 0.6 is 23.1 Å². The number of carbonyl (C=O) groups is 1. The molecular formula is C20H18N4O2S2. The Labute approximate surface area is 170 Å². The van der Waals surface area contributed by atoms with Gasteiger partial charge < -0.3 is 0 Å². The van der Waals surface area contributed by atoms with E-state index >= 15 is 0 Å². The van der Waals surface area contributed by atoms with Gasteiger partial charge in [-0.2, -0.15) is 5.26 Å². The summed E-state index contributed by atoms with van der Waals surface area (Å²) in [5, 5.41) is 10.3. The molecule has 0 atom stereocenters. The lowest BCUT2D eigenvalue weighted by atomic mass is 10.2. The molecule has 1 amide bonds. The van der Waals surface area contributed by atoms with E-state index in [9.17, 15) is 9.59 Å². The normalized spacial score (nSPS) is 12.7. The van der Waals surface area contributed by atoms with Crippen LogP contribution in [0.2, 0.25) is 0 Å². The van der Waals surface area contributed by atoms with Gasteiger partial charge >= 0.3 is 0 Å². The fourth-order valence-corrected chi connectivity index (χ4v) is 5.59. The van der Waals surface area contributed by atoms with Crippen molar-refractivity contribution in [2.75, 3.05) is 17.2 Å². The Bertz CT molecular complexity index is 1140. The predicted octanol–water partition coefficient (Wildman–Crippen LogP) is 3.13. The first-order valence-electron chi connectivity index (χ1n) is 8.96. The summed E-state index contributed by atoms with van der Waals surface area (Å²) in [7, 11) is 1.70. The van der Waals surface area contributed by atoms with Gasteiger partial charge in [0.1, 0.15) is 11.4 Å². The smallest absolute Gasteiger partial charge is 0.262 e. The van der Waals surface area contributed by atoms with Crippen molar-refractivity contribution in [1.29, 1.82) is 5.26 Å². The van der Waals surface area contributed by atoms with Crippen LogP contribution in [0.5, 0.6) is 0 Å². The molecule has 0 N–H and O–H groups in total. The molecule has 1 aliphatic carbocycles. The van der Waals surface area contributed by atoms with Crippen molar-refractivity contribution in [2.45, 2.75) is 24.4 Å². The summed E-state index contributed by atoms with van der Waals surface area (Å²) < 4.78 is 1.53. The van der Waals surface area contributed by atoms with Crippen LogP contribution in [0.3, 0.4) is 0 Å². The molecule has 28 heavy (non-hydrogen) atoms. The summed E-state index contributed by atoms with van der Waals surface area (Å²) in [6, 6.07) is 11.2. The van der Waals surface area contributed by atoms with Crippen LogP contribution in [-0.4, -0.2) is 27.8 Å². The number of nitriles is 1. The lowest BCUT2D eigenvalue weighted by Crippen LogP contribution is -2.33. The van der Waals surface area contributed by atoms with E-state index in [1.165, 1.54) is 26.1 Å². The first-order chi connectivity index (χ1) is 13.6. The van der Waals surface area contributed by atoms with Gasteiger partial charge in [0, 0.05) is 17.6 Å². The van der Waals surface area contributed by atoms with Crippen LogP contribution in [0.25, 0.3) is 10.2 Å². The zero-order chi connectivity index (χ0) is 19.7. The molecule has 4 rings (SSSR count). The number of para-hydroxylation sites is 1. The minimum Gasteiger partial charge on any atom is -0.298 e. The molecule has 0 unspecified atom stereocenters. The highest BCUT2D eigenvalue weighted by molar-refractivity contribution is 7.99. The number of rotatable bonds is 5. The molecule has 0 radical (unpaired) electrons. The molecule has 0 aliphatic heterocycles. The van der Waals surface area contributed by atoms with Gasteiger partial charge in [0.2, 0.25) is 5.91 Å². The van der Waals surface area contributed by atoms with E-state index < -0.39 is 0 Å². The van der Waals surface area contributed by atoms with E-state index in [4.69, 9.17) is 5.26 Å². The van der Waals surface area contributed by atoms with Crippen molar-refractivity contribution in [3.63, 3.8) is 0 Å². The first kappa shape index (κ1) is 18.7. The molecule has 2 aromatic heterocycles. The number of aromatic nitrogens is 2. The second-order valence-electron chi connectivity index (χ2n) is 6.56. The third kappa shape index (κ3) is 3.32. The number of hydrogen-bond acceptors (Lipinski definition) is 6. The number of anilines is 1. The third-order valence-corrected chi connectivity index (χ3v) is 7.03. The van der Waals surface area contributed by atoms with Crippen molar-refractivity contribution in [2.24, 2.45) is 7.05 Å². The summed E-state index contributed by atoms with van der Waals surface area (Å²) >= 11 is 2.82. The van der Waals surface area contributed by atoms with Gasteiger partial charge in [-0.05, 0) is 37.0 Å². The van der Waals surface area contributed by atoms with Crippen LogP contribution in [0.15, 0.2) is 40.3 Å². The van der Waals surface area contributed by atoms with Crippen LogP contribution in [0, 0.1) is 11.3 Å². The minimum absolute atomic E-state index is 0.0214. The number of hydrogen-bond donors (Lipinski definition) is 0. The van der Waals surface area contributed by atoms with Gasteiger partial charge in [-0.25, -0.2) is 4.98 Å². The second-order valence-corrected chi connectivity index (χ2v) is 8.58. The van der Waals surface area contributed by atoms with Gasteiger partial charge in [0.25, 0.3) is 5.56 Å². The molecule has 1 aliphatic rings. The zero-order valence-corrected chi connectivity index (χ0v) is 17.0. The maximum Gasteiger partial charge on any atom is 0.262 e. The van der Waals surface area contributed by atoms with E-state index in [2.05, 4.69) is 4.98 Å². The van der Waals surface area contributed by atoms with E-state index in [0.717, 1.165) is 35.0 Å². The average molecular weight is 411 g/mol.